The first-order chi connectivity index (χ1) is 13.1. The Labute approximate surface area is 162 Å². The second-order valence-corrected chi connectivity index (χ2v) is 6.60. The molecule has 2 aromatic rings. The summed E-state index contributed by atoms with van der Waals surface area (Å²) in [5, 5.41) is 21.1. The Hall–Kier alpha value is -2.94. The van der Waals surface area contributed by atoms with Crippen LogP contribution in [0.5, 0.6) is 11.5 Å². The van der Waals surface area contributed by atoms with Crippen LogP contribution in [0.15, 0.2) is 36.4 Å². The van der Waals surface area contributed by atoms with Crippen LogP contribution in [-0.2, 0) is 11.3 Å². The van der Waals surface area contributed by atoms with E-state index in [0.717, 1.165) is 17.0 Å². The zero-order chi connectivity index (χ0) is 20.6. The summed E-state index contributed by atoms with van der Waals surface area (Å²) in [6.07, 6.45) is -4.61. The Morgan fingerprint density at radius 3 is 2.54 bits per heavy atom. The van der Waals surface area contributed by atoms with Gasteiger partial charge in [0, 0.05) is 12.6 Å². The van der Waals surface area contributed by atoms with Crippen molar-refractivity contribution in [2.75, 3.05) is 6.54 Å². The van der Waals surface area contributed by atoms with Crippen molar-refractivity contribution in [2.24, 2.45) is 0 Å². The fourth-order valence-corrected chi connectivity index (χ4v) is 3.18. The maximum absolute atomic E-state index is 12.9. The molecule has 3 rings (SSSR count). The maximum Gasteiger partial charge on any atom is 0.405 e. The third-order valence-corrected chi connectivity index (χ3v) is 4.57. The predicted octanol–water partition coefficient (Wildman–Crippen LogP) is 3.13. The molecule has 1 aliphatic heterocycles. The topological polar surface area (TPSA) is 89.9 Å². The van der Waals surface area contributed by atoms with E-state index < -0.39 is 42.1 Å². The van der Waals surface area contributed by atoms with Gasteiger partial charge in [0.15, 0.2) is 0 Å². The molecule has 0 spiro atoms. The quantitative estimate of drug-likeness (QED) is 0.720. The summed E-state index contributed by atoms with van der Waals surface area (Å²) >= 11 is 5.79. The molecule has 0 aliphatic carbocycles. The van der Waals surface area contributed by atoms with Crippen LogP contribution in [0.2, 0.25) is 5.02 Å². The van der Waals surface area contributed by atoms with Gasteiger partial charge < -0.3 is 20.4 Å². The number of nitrogens with one attached hydrogen (secondary N) is 1. The second kappa shape index (κ2) is 7.23. The molecule has 1 unspecified atom stereocenters. The highest BCUT2D eigenvalue weighted by atomic mass is 35.5. The van der Waals surface area contributed by atoms with Crippen LogP contribution in [0.4, 0.5) is 13.2 Å². The number of hydrogen-bond acceptors (Lipinski definition) is 4. The van der Waals surface area contributed by atoms with E-state index in [1.54, 1.807) is 29.6 Å². The summed E-state index contributed by atoms with van der Waals surface area (Å²) in [5.41, 5.74) is 0.691. The van der Waals surface area contributed by atoms with E-state index in [0.29, 0.717) is 11.1 Å². The van der Waals surface area contributed by atoms with Gasteiger partial charge in [0.2, 0.25) is 5.91 Å². The normalized spacial score (nSPS) is 16.0. The molecule has 0 fully saturated rings. The lowest BCUT2D eigenvalue weighted by Gasteiger charge is -2.25. The Bertz CT molecular complexity index is 949. The molecular formula is C18H14ClF3N2O4. The van der Waals surface area contributed by atoms with Crippen molar-refractivity contribution >= 4 is 23.4 Å². The zero-order valence-corrected chi connectivity index (χ0v) is 14.9. The number of carbonyl (C=O) groups is 2. The van der Waals surface area contributed by atoms with Gasteiger partial charge in [0.05, 0.1) is 10.6 Å². The van der Waals surface area contributed by atoms with Crippen molar-refractivity contribution < 1.29 is 33.0 Å². The van der Waals surface area contributed by atoms with Gasteiger partial charge in [-0.05, 0) is 17.2 Å². The molecule has 1 atom stereocenters. The molecule has 148 valence electrons. The molecule has 1 heterocycles. The molecule has 1 aliphatic rings. The molecule has 0 bridgehead atoms. The van der Waals surface area contributed by atoms with Crippen molar-refractivity contribution in [1.29, 1.82) is 0 Å². The lowest BCUT2D eigenvalue weighted by atomic mass is 10.0. The lowest BCUT2D eigenvalue weighted by molar-refractivity contribution is -0.141. The molecule has 28 heavy (non-hydrogen) atoms. The lowest BCUT2D eigenvalue weighted by Crippen LogP contribution is -2.43. The minimum atomic E-state index is -4.61. The number of phenolic OH excluding ortho intramolecular Hbond substituents is 2. The van der Waals surface area contributed by atoms with Crippen molar-refractivity contribution in [1.82, 2.24) is 10.2 Å². The fourth-order valence-electron chi connectivity index (χ4n) is 3.02. The van der Waals surface area contributed by atoms with Gasteiger partial charge in [-0.25, -0.2) is 0 Å². The molecule has 6 nitrogen and oxygen atoms in total. The molecular weight excluding hydrogens is 401 g/mol. The molecule has 0 aromatic heterocycles. The number of phenols is 2. The third kappa shape index (κ3) is 3.84. The minimum absolute atomic E-state index is 0.0446. The van der Waals surface area contributed by atoms with Crippen LogP contribution >= 0.6 is 11.6 Å². The molecule has 10 heteroatoms. The van der Waals surface area contributed by atoms with Crippen LogP contribution in [0.25, 0.3) is 0 Å². The summed E-state index contributed by atoms with van der Waals surface area (Å²) in [5.74, 6) is -2.83. The van der Waals surface area contributed by atoms with Gasteiger partial charge in [-0.3, -0.25) is 9.59 Å². The van der Waals surface area contributed by atoms with Gasteiger partial charge in [0.1, 0.15) is 24.1 Å². The highest BCUT2D eigenvalue weighted by Crippen LogP contribution is 2.38. The number of amides is 2. The first-order valence-electron chi connectivity index (χ1n) is 8.03. The number of hydrogen-bond donors (Lipinski definition) is 3. The zero-order valence-electron chi connectivity index (χ0n) is 14.1. The highest BCUT2D eigenvalue weighted by Gasteiger charge is 2.40. The van der Waals surface area contributed by atoms with E-state index in [1.165, 1.54) is 0 Å². The van der Waals surface area contributed by atoms with Crippen LogP contribution in [0.1, 0.15) is 27.5 Å². The van der Waals surface area contributed by atoms with Gasteiger partial charge in [-0.15, -0.1) is 0 Å². The van der Waals surface area contributed by atoms with Crippen molar-refractivity contribution in [3.05, 3.63) is 58.1 Å². The van der Waals surface area contributed by atoms with Gasteiger partial charge in [0.25, 0.3) is 5.91 Å². The fraction of sp³-hybridized carbons (Fsp3) is 0.222. The monoisotopic (exact) mass is 414 g/mol. The van der Waals surface area contributed by atoms with Crippen molar-refractivity contribution in [3.8, 4) is 11.5 Å². The Morgan fingerprint density at radius 2 is 1.86 bits per heavy atom. The van der Waals surface area contributed by atoms with Crippen LogP contribution in [-0.4, -0.2) is 39.6 Å². The summed E-state index contributed by atoms with van der Waals surface area (Å²) < 4.78 is 37.5. The maximum atomic E-state index is 12.9. The number of benzene rings is 2. The average Bonchev–Trinajstić information content (AvgIpc) is 3.01. The molecule has 0 saturated carbocycles. The second-order valence-electron chi connectivity index (χ2n) is 6.19. The van der Waals surface area contributed by atoms with E-state index in [1.807, 2.05) is 0 Å². The van der Waals surface area contributed by atoms with Crippen molar-refractivity contribution in [2.45, 2.75) is 18.8 Å². The van der Waals surface area contributed by atoms with E-state index in [2.05, 4.69) is 0 Å². The van der Waals surface area contributed by atoms with E-state index in [9.17, 15) is 33.0 Å². The molecule has 3 N–H and O–H groups in total. The summed E-state index contributed by atoms with van der Waals surface area (Å²) in [6, 6.07) is 7.07. The highest BCUT2D eigenvalue weighted by molar-refractivity contribution is 6.32. The number of nitrogens with zero attached hydrogens (tertiary/aromatic N) is 1. The first kappa shape index (κ1) is 19.8. The summed E-state index contributed by atoms with van der Waals surface area (Å²) in [7, 11) is 0. The third-order valence-electron chi connectivity index (χ3n) is 4.27. The van der Waals surface area contributed by atoms with Crippen molar-refractivity contribution in [3.63, 3.8) is 0 Å². The Kier molecular flexibility index (Phi) is 5.12. The number of alkyl halides is 3. The summed E-state index contributed by atoms with van der Waals surface area (Å²) in [4.78, 5) is 26.5. The SMILES string of the molecule is O=C(NCC(F)(F)F)C1c2ccccc2CN1C(=O)c1cc(Cl)c(O)cc1O. The van der Waals surface area contributed by atoms with E-state index >= 15 is 0 Å². The van der Waals surface area contributed by atoms with Crippen LogP contribution in [0.3, 0.4) is 0 Å². The Morgan fingerprint density at radius 1 is 1.18 bits per heavy atom. The van der Waals surface area contributed by atoms with E-state index in [-0.39, 0.29) is 17.1 Å². The predicted molar refractivity (Wildman–Crippen MR) is 92.9 cm³/mol. The molecule has 0 radical (unpaired) electrons. The average molecular weight is 415 g/mol. The smallest absolute Gasteiger partial charge is 0.405 e. The first-order valence-corrected chi connectivity index (χ1v) is 8.41. The number of rotatable bonds is 3. The van der Waals surface area contributed by atoms with E-state index in [4.69, 9.17) is 11.6 Å². The molecule has 0 saturated heterocycles. The molecule has 2 amide bonds. The van der Waals surface area contributed by atoms with Gasteiger partial charge in [-0.2, -0.15) is 13.2 Å². The van der Waals surface area contributed by atoms with Crippen LogP contribution in [0, 0.1) is 0 Å². The minimum Gasteiger partial charge on any atom is -0.507 e. The van der Waals surface area contributed by atoms with Gasteiger partial charge in [-0.1, -0.05) is 35.9 Å². The summed E-state index contributed by atoms with van der Waals surface area (Å²) in [6.45, 7) is -1.58. The Balaban J connectivity index is 1.96. The van der Waals surface area contributed by atoms with Gasteiger partial charge >= 0.3 is 6.18 Å². The number of halogens is 4. The number of carbonyl (C=O) groups excluding carboxylic acids is 2. The molecule has 2 aromatic carbocycles. The number of aromatic hydroxyl groups is 2. The van der Waals surface area contributed by atoms with Crippen LogP contribution < -0.4 is 5.32 Å². The largest absolute Gasteiger partial charge is 0.507 e. The standard InChI is InChI=1S/C18H14ClF3N2O4/c19-12-5-11(13(25)6-14(12)26)17(28)24-7-9-3-1-2-4-10(9)15(24)16(27)23-8-18(20,21)22/h1-6,15,25-26H,7-8H2,(H,23,27). The number of fused-ring (bicyclic) bond motifs is 1.